The van der Waals surface area contributed by atoms with Crippen LogP contribution in [0.4, 0.5) is 0 Å². The van der Waals surface area contributed by atoms with Crippen LogP contribution < -0.4 is 5.32 Å². The van der Waals surface area contributed by atoms with Crippen LogP contribution >= 0.6 is 0 Å². The van der Waals surface area contributed by atoms with Crippen molar-refractivity contribution >= 4 is 11.9 Å². The average molecular weight is 736 g/mol. The number of carbonyl (C=O) groups excluding carboxylic acids is 2. The van der Waals surface area contributed by atoms with E-state index in [4.69, 9.17) is 9.47 Å². The van der Waals surface area contributed by atoms with Gasteiger partial charge < -0.3 is 14.8 Å². The first-order valence-electron chi connectivity index (χ1n) is 23.5. The monoisotopic (exact) mass is 736 g/mol. The highest BCUT2D eigenvalue weighted by atomic mass is 16.5. The van der Waals surface area contributed by atoms with Gasteiger partial charge in [-0.05, 0) is 75.8 Å². The molecular formula is C47H93NO4. The van der Waals surface area contributed by atoms with E-state index in [0.717, 1.165) is 25.3 Å². The lowest BCUT2D eigenvalue weighted by Crippen LogP contribution is -2.17. The fourth-order valence-electron chi connectivity index (χ4n) is 7.74. The fraction of sp³-hybridized carbons (Fsp3) is 0.957. The molecular weight excluding hydrogens is 643 g/mol. The maximum Gasteiger partial charge on any atom is 0.306 e. The summed E-state index contributed by atoms with van der Waals surface area (Å²) in [5.74, 6) is 1.98. The van der Waals surface area contributed by atoms with E-state index in [1.54, 1.807) is 0 Å². The maximum absolute atomic E-state index is 12.3. The predicted octanol–water partition coefficient (Wildman–Crippen LogP) is 14.5. The van der Waals surface area contributed by atoms with Gasteiger partial charge in [0.1, 0.15) is 0 Å². The van der Waals surface area contributed by atoms with Crippen molar-refractivity contribution in [2.45, 2.75) is 247 Å². The first-order chi connectivity index (χ1) is 25.5. The molecule has 0 amide bonds. The number of unbranched alkanes of at least 4 members (excludes halogenated alkanes) is 18. The van der Waals surface area contributed by atoms with Crippen LogP contribution in [0.3, 0.4) is 0 Å². The molecule has 0 saturated heterocycles. The van der Waals surface area contributed by atoms with Crippen LogP contribution in [0.25, 0.3) is 0 Å². The Morgan fingerprint density at radius 1 is 0.385 bits per heavy atom. The number of ether oxygens (including phenoxy) is 2. The van der Waals surface area contributed by atoms with Crippen molar-refractivity contribution in [2.24, 2.45) is 17.8 Å². The molecule has 1 N–H and O–H groups in total. The lowest BCUT2D eigenvalue weighted by Gasteiger charge is -2.17. The van der Waals surface area contributed by atoms with E-state index in [9.17, 15) is 9.59 Å². The topological polar surface area (TPSA) is 64.6 Å². The fourth-order valence-corrected chi connectivity index (χ4v) is 7.74. The van der Waals surface area contributed by atoms with Crippen LogP contribution in [0.1, 0.15) is 247 Å². The highest BCUT2D eigenvalue weighted by Crippen LogP contribution is 2.24. The second kappa shape index (κ2) is 41.1. The molecule has 0 aliphatic heterocycles. The first kappa shape index (κ1) is 50.9. The van der Waals surface area contributed by atoms with Crippen molar-refractivity contribution in [3.05, 3.63) is 0 Å². The molecule has 5 nitrogen and oxygen atoms in total. The summed E-state index contributed by atoms with van der Waals surface area (Å²) in [6, 6.07) is 0. The molecule has 0 aromatic rings. The summed E-state index contributed by atoms with van der Waals surface area (Å²) in [5, 5.41) is 3.56. The van der Waals surface area contributed by atoms with E-state index in [1.165, 1.54) is 193 Å². The molecule has 0 radical (unpaired) electrons. The first-order valence-corrected chi connectivity index (χ1v) is 23.5. The van der Waals surface area contributed by atoms with Gasteiger partial charge in [-0.2, -0.15) is 0 Å². The number of nitrogens with one attached hydrogen (secondary N) is 1. The third kappa shape index (κ3) is 35.9. The Labute approximate surface area is 326 Å². The standard InChI is InChI=1S/C47H93NO4/c1-6-11-31-44(32-12-7-2)41-46(49)51-39-29-25-21-17-15-19-23-27-35-43(37-38-48-10-5)36-28-24-20-16-18-22-26-30-40-52-47(50)42-45(33-13-8-3)34-14-9-4/h43-45,48H,6-42H2,1-5H3. The SMILES string of the molecule is CCCCC(CCCC)CC(=O)OCCCCCCCCCCC(CCCCCCCCCCOC(=O)CC(CCCC)CCCC)CCNCC. The molecule has 0 heterocycles. The molecule has 0 rings (SSSR count). The van der Waals surface area contributed by atoms with Gasteiger partial charge in [-0.25, -0.2) is 0 Å². The molecule has 0 fully saturated rings. The van der Waals surface area contributed by atoms with Gasteiger partial charge in [-0.15, -0.1) is 0 Å². The molecule has 0 aliphatic carbocycles. The largest absolute Gasteiger partial charge is 0.466 e. The summed E-state index contributed by atoms with van der Waals surface area (Å²) < 4.78 is 11.2. The molecule has 0 aliphatic rings. The highest BCUT2D eigenvalue weighted by molar-refractivity contribution is 5.70. The van der Waals surface area contributed by atoms with Crippen molar-refractivity contribution < 1.29 is 19.1 Å². The summed E-state index contributed by atoms with van der Waals surface area (Å²) in [5.41, 5.74) is 0. The number of esters is 2. The third-order valence-electron chi connectivity index (χ3n) is 11.3. The highest BCUT2D eigenvalue weighted by Gasteiger charge is 2.15. The molecule has 0 bridgehead atoms. The molecule has 0 aromatic carbocycles. The van der Waals surface area contributed by atoms with Crippen LogP contribution in [-0.4, -0.2) is 38.2 Å². The van der Waals surface area contributed by atoms with Gasteiger partial charge >= 0.3 is 11.9 Å². The Balaban J connectivity index is 3.85. The maximum atomic E-state index is 12.3. The lowest BCUT2D eigenvalue weighted by atomic mass is 9.91. The molecule has 0 spiro atoms. The summed E-state index contributed by atoms with van der Waals surface area (Å²) in [4.78, 5) is 24.6. The average Bonchev–Trinajstić information content (AvgIpc) is 3.14. The van der Waals surface area contributed by atoms with Crippen LogP contribution in [0.2, 0.25) is 0 Å². The molecule has 5 heteroatoms. The number of carbonyl (C=O) groups is 2. The summed E-state index contributed by atoms with van der Waals surface area (Å²) in [7, 11) is 0. The Bertz CT molecular complexity index is 671. The van der Waals surface area contributed by atoms with Gasteiger partial charge in [0.25, 0.3) is 0 Å². The minimum absolute atomic E-state index is 0.0313. The van der Waals surface area contributed by atoms with Crippen LogP contribution in [0.15, 0.2) is 0 Å². The van der Waals surface area contributed by atoms with Gasteiger partial charge in [0.2, 0.25) is 0 Å². The second-order valence-corrected chi connectivity index (χ2v) is 16.4. The van der Waals surface area contributed by atoms with Crippen LogP contribution in [-0.2, 0) is 19.1 Å². The van der Waals surface area contributed by atoms with E-state index in [0.29, 0.717) is 37.9 Å². The van der Waals surface area contributed by atoms with Crippen LogP contribution in [0, 0.1) is 17.8 Å². The Kier molecular flexibility index (Phi) is 40.2. The summed E-state index contributed by atoms with van der Waals surface area (Å²) in [6.07, 6.45) is 40.4. The summed E-state index contributed by atoms with van der Waals surface area (Å²) >= 11 is 0. The van der Waals surface area contributed by atoms with Crippen molar-refractivity contribution in [3.63, 3.8) is 0 Å². The van der Waals surface area contributed by atoms with E-state index in [-0.39, 0.29) is 11.9 Å². The minimum atomic E-state index is 0.0313. The summed E-state index contributed by atoms with van der Waals surface area (Å²) in [6.45, 7) is 14.6. The normalized spacial score (nSPS) is 11.7. The Morgan fingerprint density at radius 3 is 1.02 bits per heavy atom. The molecule has 0 atom stereocenters. The third-order valence-corrected chi connectivity index (χ3v) is 11.3. The zero-order valence-corrected chi connectivity index (χ0v) is 36.0. The van der Waals surface area contributed by atoms with Crippen molar-refractivity contribution in [1.82, 2.24) is 5.32 Å². The predicted molar refractivity (Wildman–Crippen MR) is 226 cm³/mol. The number of rotatable bonds is 42. The van der Waals surface area contributed by atoms with Gasteiger partial charge in [0.05, 0.1) is 13.2 Å². The van der Waals surface area contributed by atoms with Gasteiger partial charge in [-0.3, -0.25) is 9.59 Å². The molecule has 0 unspecified atom stereocenters. The van der Waals surface area contributed by atoms with E-state index in [2.05, 4.69) is 39.9 Å². The minimum Gasteiger partial charge on any atom is -0.466 e. The molecule has 0 aromatic heterocycles. The van der Waals surface area contributed by atoms with Gasteiger partial charge in [-0.1, -0.05) is 189 Å². The van der Waals surface area contributed by atoms with E-state index in [1.807, 2.05) is 0 Å². The zero-order chi connectivity index (χ0) is 38.2. The second-order valence-electron chi connectivity index (χ2n) is 16.4. The molecule has 0 saturated carbocycles. The number of hydrogen-bond donors (Lipinski definition) is 1. The lowest BCUT2D eigenvalue weighted by molar-refractivity contribution is -0.146. The van der Waals surface area contributed by atoms with E-state index >= 15 is 0 Å². The van der Waals surface area contributed by atoms with Gasteiger partial charge in [0.15, 0.2) is 0 Å². The Hall–Kier alpha value is -1.10. The molecule has 310 valence electrons. The zero-order valence-electron chi connectivity index (χ0n) is 36.0. The Morgan fingerprint density at radius 2 is 0.692 bits per heavy atom. The molecule has 52 heavy (non-hydrogen) atoms. The van der Waals surface area contributed by atoms with Crippen LogP contribution in [0.5, 0.6) is 0 Å². The van der Waals surface area contributed by atoms with Crippen molar-refractivity contribution in [2.75, 3.05) is 26.3 Å². The van der Waals surface area contributed by atoms with Crippen molar-refractivity contribution in [1.29, 1.82) is 0 Å². The van der Waals surface area contributed by atoms with Gasteiger partial charge in [0, 0.05) is 12.8 Å². The quantitative estimate of drug-likeness (QED) is 0.0499. The van der Waals surface area contributed by atoms with E-state index < -0.39 is 0 Å². The number of hydrogen-bond acceptors (Lipinski definition) is 5. The van der Waals surface area contributed by atoms with Crippen molar-refractivity contribution in [3.8, 4) is 0 Å². The smallest absolute Gasteiger partial charge is 0.306 e.